The highest BCUT2D eigenvalue weighted by Crippen LogP contribution is 2.19. The first kappa shape index (κ1) is 13.8. The van der Waals surface area contributed by atoms with Crippen LogP contribution < -0.4 is 11.3 Å². The van der Waals surface area contributed by atoms with Gasteiger partial charge in [-0.15, -0.1) is 0 Å². The molecule has 1 amide bonds. The van der Waals surface area contributed by atoms with Gasteiger partial charge < -0.3 is 15.2 Å². The van der Waals surface area contributed by atoms with Gasteiger partial charge in [-0.05, 0) is 32.3 Å². The average molecular weight is 263 g/mol. The third-order valence-corrected chi connectivity index (χ3v) is 3.68. The van der Waals surface area contributed by atoms with E-state index in [1.54, 1.807) is 18.3 Å². The summed E-state index contributed by atoms with van der Waals surface area (Å²) in [6, 6.07) is 4.97. The van der Waals surface area contributed by atoms with E-state index in [4.69, 9.17) is 5.73 Å². The van der Waals surface area contributed by atoms with Crippen molar-refractivity contribution in [2.45, 2.75) is 44.8 Å². The Kier molecular flexibility index (Phi) is 4.37. The molecule has 0 saturated carbocycles. The summed E-state index contributed by atoms with van der Waals surface area (Å²) in [5, 5.41) is 0. The van der Waals surface area contributed by atoms with E-state index in [1.807, 2.05) is 11.8 Å². The molecule has 1 aliphatic rings. The summed E-state index contributed by atoms with van der Waals surface area (Å²) in [7, 11) is 0. The molecule has 0 aromatic carbocycles. The van der Waals surface area contributed by atoms with Crippen molar-refractivity contribution in [3.8, 4) is 0 Å². The molecule has 5 heteroatoms. The molecule has 2 heterocycles. The van der Waals surface area contributed by atoms with Gasteiger partial charge in [-0.25, -0.2) is 0 Å². The minimum atomic E-state index is -0.148. The summed E-state index contributed by atoms with van der Waals surface area (Å²) in [6.45, 7) is 2.78. The zero-order valence-corrected chi connectivity index (χ0v) is 11.3. The molecule has 104 valence electrons. The molecule has 0 bridgehead atoms. The van der Waals surface area contributed by atoms with Crippen LogP contribution in [0.2, 0.25) is 0 Å². The minimum Gasteiger partial charge on any atom is -0.337 e. The summed E-state index contributed by atoms with van der Waals surface area (Å²) in [5.41, 5.74) is 5.81. The first-order valence-corrected chi connectivity index (χ1v) is 6.80. The highest BCUT2D eigenvalue weighted by molar-refractivity contribution is 5.76. The number of hydrogen-bond donors (Lipinski definition) is 1. The Balaban J connectivity index is 2.10. The molecule has 1 aliphatic heterocycles. The van der Waals surface area contributed by atoms with Gasteiger partial charge in [-0.3, -0.25) is 9.59 Å². The smallest absolute Gasteiger partial charge is 0.250 e. The van der Waals surface area contributed by atoms with Gasteiger partial charge in [0.05, 0.1) is 0 Å². The van der Waals surface area contributed by atoms with Gasteiger partial charge in [0.1, 0.15) is 6.54 Å². The zero-order valence-electron chi connectivity index (χ0n) is 11.3. The van der Waals surface area contributed by atoms with Crippen LogP contribution in [0.3, 0.4) is 0 Å². The second kappa shape index (κ2) is 6.02. The SMILES string of the molecule is CC(N)C1CCCCN1C(=O)Cn1ccccc1=O. The molecule has 2 unspecified atom stereocenters. The Morgan fingerprint density at radius 1 is 1.47 bits per heavy atom. The molecule has 2 N–H and O–H groups in total. The fraction of sp³-hybridized carbons (Fsp3) is 0.571. The van der Waals surface area contributed by atoms with E-state index in [-0.39, 0.29) is 30.1 Å². The number of nitrogens with two attached hydrogens (primary N) is 1. The number of carbonyl (C=O) groups excluding carboxylic acids is 1. The summed E-state index contributed by atoms with van der Waals surface area (Å²) < 4.78 is 1.44. The van der Waals surface area contributed by atoms with E-state index in [9.17, 15) is 9.59 Å². The lowest BCUT2D eigenvalue weighted by molar-refractivity contribution is -0.136. The molecule has 0 spiro atoms. The highest BCUT2D eigenvalue weighted by Gasteiger charge is 2.29. The quantitative estimate of drug-likeness (QED) is 0.867. The van der Waals surface area contributed by atoms with Crippen LogP contribution in [0.15, 0.2) is 29.2 Å². The van der Waals surface area contributed by atoms with Crippen LogP contribution in [0.1, 0.15) is 26.2 Å². The van der Waals surface area contributed by atoms with E-state index in [1.165, 1.54) is 10.6 Å². The van der Waals surface area contributed by atoms with Crippen LogP contribution in [0.5, 0.6) is 0 Å². The Morgan fingerprint density at radius 2 is 2.26 bits per heavy atom. The van der Waals surface area contributed by atoms with Crippen molar-refractivity contribution in [2.24, 2.45) is 5.73 Å². The maximum atomic E-state index is 12.3. The fourth-order valence-electron chi connectivity index (χ4n) is 2.64. The van der Waals surface area contributed by atoms with Gasteiger partial charge in [-0.1, -0.05) is 6.07 Å². The maximum absolute atomic E-state index is 12.3. The molecule has 19 heavy (non-hydrogen) atoms. The number of piperidine rings is 1. The van der Waals surface area contributed by atoms with Gasteiger partial charge in [0, 0.05) is 30.9 Å². The summed E-state index contributed by atoms with van der Waals surface area (Å²) in [6.07, 6.45) is 4.72. The summed E-state index contributed by atoms with van der Waals surface area (Å²) in [4.78, 5) is 25.8. The molecule has 0 aliphatic carbocycles. The summed E-state index contributed by atoms with van der Waals surface area (Å²) in [5.74, 6) is -0.0182. The second-order valence-electron chi connectivity index (χ2n) is 5.18. The number of carbonyl (C=O) groups is 1. The predicted octanol–water partition coefficient (Wildman–Crippen LogP) is 0.577. The lowest BCUT2D eigenvalue weighted by Crippen LogP contribution is -2.52. The Bertz CT molecular complexity index is 495. The monoisotopic (exact) mass is 263 g/mol. The van der Waals surface area contributed by atoms with Crippen molar-refractivity contribution in [2.75, 3.05) is 6.54 Å². The van der Waals surface area contributed by atoms with Gasteiger partial charge in [0.15, 0.2) is 0 Å². The van der Waals surface area contributed by atoms with Crippen LogP contribution >= 0.6 is 0 Å². The van der Waals surface area contributed by atoms with Crippen molar-refractivity contribution in [1.82, 2.24) is 9.47 Å². The van der Waals surface area contributed by atoms with Gasteiger partial charge in [-0.2, -0.15) is 0 Å². The molecule has 1 aromatic heterocycles. The largest absolute Gasteiger partial charge is 0.337 e. The van der Waals surface area contributed by atoms with Gasteiger partial charge >= 0.3 is 0 Å². The molecule has 1 saturated heterocycles. The number of likely N-dealkylation sites (tertiary alicyclic amines) is 1. The van der Waals surface area contributed by atoms with Crippen molar-refractivity contribution in [1.29, 1.82) is 0 Å². The van der Waals surface area contributed by atoms with E-state index in [2.05, 4.69) is 0 Å². The molecule has 2 atom stereocenters. The first-order chi connectivity index (χ1) is 9.09. The van der Waals surface area contributed by atoms with Crippen LogP contribution in [0.4, 0.5) is 0 Å². The number of hydrogen-bond acceptors (Lipinski definition) is 3. The van der Waals surface area contributed by atoms with Gasteiger partial charge in [0.25, 0.3) is 5.56 Å². The highest BCUT2D eigenvalue weighted by atomic mass is 16.2. The maximum Gasteiger partial charge on any atom is 0.250 e. The number of amides is 1. The van der Waals surface area contributed by atoms with E-state index < -0.39 is 0 Å². The second-order valence-corrected chi connectivity index (χ2v) is 5.18. The molecule has 1 fully saturated rings. The average Bonchev–Trinajstić information content (AvgIpc) is 2.41. The van der Waals surface area contributed by atoms with E-state index >= 15 is 0 Å². The van der Waals surface area contributed by atoms with E-state index in [0.717, 1.165) is 25.8 Å². The number of rotatable bonds is 3. The molecule has 0 radical (unpaired) electrons. The fourth-order valence-corrected chi connectivity index (χ4v) is 2.64. The Morgan fingerprint density at radius 3 is 2.95 bits per heavy atom. The lowest BCUT2D eigenvalue weighted by Gasteiger charge is -2.38. The Hall–Kier alpha value is -1.62. The standard InChI is InChI=1S/C14H21N3O2/c1-11(15)12-6-2-5-9-17(12)14(19)10-16-8-4-3-7-13(16)18/h3-4,7-8,11-12H,2,5-6,9-10,15H2,1H3. The zero-order chi connectivity index (χ0) is 13.8. The lowest BCUT2D eigenvalue weighted by atomic mass is 9.97. The predicted molar refractivity (Wildman–Crippen MR) is 73.7 cm³/mol. The topological polar surface area (TPSA) is 68.3 Å². The summed E-state index contributed by atoms with van der Waals surface area (Å²) >= 11 is 0. The first-order valence-electron chi connectivity index (χ1n) is 6.80. The van der Waals surface area contributed by atoms with Crippen LogP contribution in [-0.2, 0) is 11.3 Å². The molecular weight excluding hydrogens is 242 g/mol. The molecule has 1 aromatic rings. The van der Waals surface area contributed by atoms with Crippen LogP contribution in [0.25, 0.3) is 0 Å². The Labute approximate surface area is 113 Å². The van der Waals surface area contributed by atoms with E-state index in [0.29, 0.717) is 0 Å². The molecular formula is C14H21N3O2. The van der Waals surface area contributed by atoms with Crippen LogP contribution in [-0.4, -0.2) is 34.0 Å². The van der Waals surface area contributed by atoms with Crippen molar-refractivity contribution < 1.29 is 4.79 Å². The molecule has 5 nitrogen and oxygen atoms in total. The minimum absolute atomic E-state index is 0.0182. The number of pyridine rings is 1. The third-order valence-electron chi connectivity index (χ3n) is 3.68. The third kappa shape index (κ3) is 3.23. The number of aromatic nitrogens is 1. The van der Waals surface area contributed by atoms with Crippen molar-refractivity contribution in [3.63, 3.8) is 0 Å². The van der Waals surface area contributed by atoms with Crippen molar-refractivity contribution in [3.05, 3.63) is 34.7 Å². The molecule has 2 rings (SSSR count). The van der Waals surface area contributed by atoms with Crippen molar-refractivity contribution >= 4 is 5.91 Å². The van der Waals surface area contributed by atoms with Gasteiger partial charge in [0.2, 0.25) is 5.91 Å². The number of nitrogens with zero attached hydrogens (tertiary/aromatic N) is 2. The normalized spacial score (nSPS) is 21.2. The van der Waals surface area contributed by atoms with Crippen LogP contribution in [0, 0.1) is 0 Å².